The second kappa shape index (κ2) is 8.31. The predicted octanol–water partition coefficient (Wildman–Crippen LogP) is 5.04. The lowest BCUT2D eigenvalue weighted by molar-refractivity contribution is 0.101. The van der Waals surface area contributed by atoms with Gasteiger partial charge >= 0.3 is 0 Å². The number of hydrogen-bond donors (Lipinski definition) is 1. The van der Waals surface area contributed by atoms with Crippen LogP contribution < -0.4 is 5.32 Å². The third kappa shape index (κ3) is 4.14. The van der Waals surface area contributed by atoms with Crippen molar-refractivity contribution in [3.63, 3.8) is 0 Å². The molecule has 0 aliphatic carbocycles. The quantitative estimate of drug-likeness (QED) is 0.462. The van der Waals surface area contributed by atoms with Crippen LogP contribution in [-0.2, 0) is 0 Å². The van der Waals surface area contributed by atoms with Gasteiger partial charge in [-0.2, -0.15) is 0 Å². The number of anilines is 1. The highest BCUT2D eigenvalue weighted by Crippen LogP contribution is 2.23. The van der Waals surface area contributed by atoms with Crippen molar-refractivity contribution >= 4 is 29.0 Å². The van der Waals surface area contributed by atoms with Gasteiger partial charge in [-0.3, -0.25) is 9.59 Å². The van der Waals surface area contributed by atoms with Gasteiger partial charge in [-0.1, -0.05) is 41.1 Å². The van der Waals surface area contributed by atoms with Crippen LogP contribution in [0.25, 0.3) is 16.9 Å². The second-order valence-electron chi connectivity index (χ2n) is 6.68. The number of hydrogen-bond acceptors (Lipinski definition) is 4. The number of carbonyl (C=O) groups is 2. The van der Waals surface area contributed by atoms with E-state index >= 15 is 0 Å². The molecule has 0 unspecified atom stereocenters. The van der Waals surface area contributed by atoms with Crippen molar-refractivity contribution in [3.8, 4) is 16.9 Å². The molecule has 0 aliphatic rings. The molecule has 0 fully saturated rings. The van der Waals surface area contributed by atoms with Crippen LogP contribution in [0.4, 0.5) is 5.69 Å². The summed E-state index contributed by atoms with van der Waals surface area (Å²) in [6, 6.07) is 21.3. The van der Waals surface area contributed by atoms with Gasteiger partial charge in [-0.15, -0.1) is 5.10 Å². The lowest BCUT2D eigenvalue weighted by Crippen LogP contribution is -2.12. The summed E-state index contributed by atoms with van der Waals surface area (Å²) in [4.78, 5) is 24.1. The summed E-state index contributed by atoms with van der Waals surface area (Å²) >= 11 is 5.97. The third-order valence-electron chi connectivity index (χ3n) is 4.59. The fraction of sp³-hybridized carbons (Fsp3) is 0.0435. The Bertz CT molecular complexity index is 1210. The Kier molecular flexibility index (Phi) is 5.41. The zero-order valence-corrected chi connectivity index (χ0v) is 16.8. The van der Waals surface area contributed by atoms with Crippen molar-refractivity contribution in [2.24, 2.45) is 0 Å². The average molecular weight is 417 g/mol. The van der Waals surface area contributed by atoms with Crippen molar-refractivity contribution in [1.82, 2.24) is 15.0 Å². The molecule has 0 radical (unpaired) electrons. The van der Waals surface area contributed by atoms with Crippen LogP contribution in [0.1, 0.15) is 27.6 Å². The van der Waals surface area contributed by atoms with Crippen LogP contribution in [0.5, 0.6) is 0 Å². The summed E-state index contributed by atoms with van der Waals surface area (Å²) in [7, 11) is 0. The van der Waals surface area contributed by atoms with Gasteiger partial charge in [0.25, 0.3) is 5.91 Å². The number of Topliss-reactive ketones (excluding diaryl/α,β-unsaturated/α-hetero) is 1. The Morgan fingerprint density at radius 1 is 0.933 bits per heavy atom. The monoisotopic (exact) mass is 416 g/mol. The van der Waals surface area contributed by atoms with E-state index in [2.05, 4.69) is 15.6 Å². The molecular formula is C23H17ClN4O2. The van der Waals surface area contributed by atoms with E-state index in [-0.39, 0.29) is 11.7 Å². The van der Waals surface area contributed by atoms with Gasteiger partial charge in [0.15, 0.2) is 5.78 Å². The summed E-state index contributed by atoms with van der Waals surface area (Å²) in [6.07, 6.45) is 1.67. The smallest absolute Gasteiger partial charge is 0.255 e. The normalized spacial score (nSPS) is 10.6. The molecule has 0 spiro atoms. The Hall–Kier alpha value is -3.77. The van der Waals surface area contributed by atoms with Crippen molar-refractivity contribution < 1.29 is 9.59 Å². The first kappa shape index (κ1) is 19.5. The zero-order valence-electron chi connectivity index (χ0n) is 16.0. The number of aromatic nitrogens is 3. The first-order chi connectivity index (χ1) is 14.5. The number of benzene rings is 3. The topological polar surface area (TPSA) is 76.9 Å². The molecule has 4 aromatic rings. The highest BCUT2D eigenvalue weighted by molar-refractivity contribution is 6.30. The highest BCUT2D eigenvalue weighted by Gasteiger charge is 2.11. The molecule has 3 aromatic carbocycles. The fourth-order valence-electron chi connectivity index (χ4n) is 3.02. The van der Waals surface area contributed by atoms with Crippen molar-refractivity contribution in [2.45, 2.75) is 6.92 Å². The third-order valence-corrected chi connectivity index (χ3v) is 4.84. The minimum atomic E-state index is -0.265. The van der Waals surface area contributed by atoms with Crippen LogP contribution >= 0.6 is 11.6 Å². The first-order valence-electron chi connectivity index (χ1n) is 9.21. The minimum absolute atomic E-state index is 0.0558. The van der Waals surface area contributed by atoms with Crippen LogP contribution in [0, 0.1) is 0 Å². The Labute approximate surface area is 178 Å². The molecule has 148 valence electrons. The number of ketones is 1. The molecule has 30 heavy (non-hydrogen) atoms. The van der Waals surface area contributed by atoms with Gasteiger partial charge in [-0.05, 0) is 55.5 Å². The average Bonchev–Trinajstić information content (AvgIpc) is 3.24. The first-order valence-corrected chi connectivity index (χ1v) is 9.58. The van der Waals surface area contributed by atoms with E-state index in [1.54, 1.807) is 59.4 Å². The van der Waals surface area contributed by atoms with Gasteiger partial charge in [-0.25, -0.2) is 4.68 Å². The van der Waals surface area contributed by atoms with Crippen molar-refractivity contribution in [1.29, 1.82) is 0 Å². The molecular weight excluding hydrogens is 400 g/mol. The summed E-state index contributed by atoms with van der Waals surface area (Å²) in [6.45, 7) is 1.49. The Morgan fingerprint density at radius 2 is 1.67 bits per heavy atom. The molecule has 1 amide bonds. The number of amides is 1. The Balaban J connectivity index is 1.55. The van der Waals surface area contributed by atoms with Crippen LogP contribution in [-0.4, -0.2) is 26.7 Å². The van der Waals surface area contributed by atoms with Gasteiger partial charge in [0.2, 0.25) is 0 Å². The number of nitrogens with one attached hydrogen (secondary N) is 1. The van der Waals surface area contributed by atoms with E-state index in [0.717, 1.165) is 16.9 Å². The molecule has 1 N–H and O–H groups in total. The van der Waals surface area contributed by atoms with Gasteiger partial charge in [0, 0.05) is 27.4 Å². The van der Waals surface area contributed by atoms with E-state index in [1.807, 2.05) is 24.3 Å². The lowest BCUT2D eigenvalue weighted by atomic mass is 10.1. The number of rotatable bonds is 5. The van der Waals surface area contributed by atoms with E-state index in [1.165, 1.54) is 6.92 Å². The maximum Gasteiger partial charge on any atom is 0.255 e. The van der Waals surface area contributed by atoms with E-state index < -0.39 is 0 Å². The van der Waals surface area contributed by atoms with E-state index in [4.69, 9.17) is 11.6 Å². The molecule has 0 saturated carbocycles. The van der Waals surface area contributed by atoms with Crippen molar-refractivity contribution in [3.05, 3.63) is 95.1 Å². The molecule has 0 atom stereocenters. The number of carbonyl (C=O) groups excluding carboxylic acids is 2. The van der Waals surface area contributed by atoms with Crippen molar-refractivity contribution in [2.75, 3.05) is 5.32 Å². The predicted molar refractivity (Wildman–Crippen MR) is 116 cm³/mol. The summed E-state index contributed by atoms with van der Waals surface area (Å²) < 4.78 is 1.70. The highest BCUT2D eigenvalue weighted by atomic mass is 35.5. The number of halogens is 1. The van der Waals surface area contributed by atoms with Gasteiger partial charge < -0.3 is 5.32 Å². The van der Waals surface area contributed by atoms with Crippen LogP contribution in [0.2, 0.25) is 5.02 Å². The number of nitrogens with zero attached hydrogens (tertiary/aromatic N) is 3. The summed E-state index contributed by atoms with van der Waals surface area (Å²) in [5.74, 6) is -0.321. The SMILES string of the molecule is CC(=O)c1cccc(NC(=O)c2ccc(-n3nncc3-c3ccc(Cl)cc3)cc2)c1. The molecule has 1 heterocycles. The van der Waals surface area contributed by atoms with Crippen LogP contribution in [0.3, 0.4) is 0 Å². The molecule has 0 aliphatic heterocycles. The van der Waals surface area contributed by atoms with Gasteiger partial charge in [0.1, 0.15) is 0 Å². The maximum absolute atomic E-state index is 12.6. The minimum Gasteiger partial charge on any atom is -0.322 e. The molecule has 0 saturated heterocycles. The van der Waals surface area contributed by atoms with E-state index in [9.17, 15) is 9.59 Å². The summed E-state index contributed by atoms with van der Waals surface area (Å²) in [5, 5.41) is 11.6. The molecule has 4 rings (SSSR count). The maximum atomic E-state index is 12.6. The zero-order chi connectivity index (χ0) is 21.1. The summed E-state index contributed by atoms with van der Waals surface area (Å²) in [5.41, 5.74) is 4.11. The molecule has 0 bridgehead atoms. The van der Waals surface area contributed by atoms with Crippen LogP contribution in [0.15, 0.2) is 79.0 Å². The molecule has 7 heteroatoms. The van der Waals surface area contributed by atoms with E-state index in [0.29, 0.717) is 21.8 Å². The standard InChI is InChI=1S/C23H17ClN4O2/c1-15(29)18-3-2-4-20(13-18)26-23(30)17-7-11-21(12-8-17)28-22(14-25-27-28)16-5-9-19(24)10-6-16/h2-14H,1H3,(H,26,30). The second-order valence-corrected chi connectivity index (χ2v) is 7.11. The fourth-order valence-corrected chi connectivity index (χ4v) is 3.14. The van der Waals surface area contributed by atoms with Gasteiger partial charge in [0.05, 0.1) is 17.6 Å². The lowest BCUT2D eigenvalue weighted by Gasteiger charge is -2.09. The largest absolute Gasteiger partial charge is 0.322 e. The molecule has 1 aromatic heterocycles. The Morgan fingerprint density at radius 3 is 2.37 bits per heavy atom. The molecule has 6 nitrogen and oxygen atoms in total.